The number of nitrogens with two attached hydrogens (primary N) is 1. The standard InChI is InChI=1S/C14H16N2/c1-10-5-3-6-11(2)13(10)9-12-7-4-8-16-14(12)15/h3-8H,9H2,1-2H3,(H2,15,16). The molecular weight excluding hydrogens is 196 g/mol. The van der Waals surface area contributed by atoms with Gasteiger partial charge in [-0.3, -0.25) is 0 Å². The van der Waals surface area contributed by atoms with Gasteiger partial charge in [0.25, 0.3) is 0 Å². The van der Waals surface area contributed by atoms with Gasteiger partial charge in [-0.05, 0) is 42.2 Å². The molecule has 2 aromatic rings. The Morgan fingerprint density at radius 2 is 1.75 bits per heavy atom. The van der Waals surface area contributed by atoms with E-state index >= 15 is 0 Å². The van der Waals surface area contributed by atoms with E-state index in [1.54, 1.807) is 6.20 Å². The van der Waals surface area contributed by atoms with Crippen LogP contribution >= 0.6 is 0 Å². The van der Waals surface area contributed by atoms with Crippen LogP contribution in [0.25, 0.3) is 0 Å². The van der Waals surface area contributed by atoms with Gasteiger partial charge in [0.2, 0.25) is 0 Å². The van der Waals surface area contributed by atoms with Crippen LogP contribution in [0, 0.1) is 13.8 Å². The number of aryl methyl sites for hydroxylation is 2. The topological polar surface area (TPSA) is 38.9 Å². The van der Waals surface area contributed by atoms with E-state index in [0.717, 1.165) is 12.0 Å². The molecule has 2 N–H and O–H groups in total. The molecule has 1 aromatic carbocycles. The van der Waals surface area contributed by atoms with Crippen LogP contribution < -0.4 is 5.73 Å². The predicted octanol–water partition coefficient (Wildman–Crippen LogP) is 2.87. The lowest BCUT2D eigenvalue weighted by atomic mass is 9.96. The molecule has 0 spiro atoms. The van der Waals surface area contributed by atoms with Gasteiger partial charge in [-0.2, -0.15) is 0 Å². The molecule has 0 aliphatic carbocycles. The van der Waals surface area contributed by atoms with Crippen molar-refractivity contribution in [3.63, 3.8) is 0 Å². The van der Waals surface area contributed by atoms with Crippen molar-refractivity contribution in [3.8, 4) is 0 Å². The van der Waals surface area contributed by atoms with Gasteiger partial charge in [0.05, 0.1) is 0 Å². The highest BCUT2D eigenvalue weighted by molar-refractivity contribution is 5.45. The molecule has 0 radical (unpaired) electrons. The smallest absolute Gasteiger partial charge is 0.126 e. The van der Waals surface area contributed by atoms with Crippen molar-refractivity contribution >= 4 is 5.82 Å². The maximum atomic E-state index is 5.86. The van der Waals surface area contributed by atoms with Gasteiger partial charge in [-0.1, -0.05) is 24.3 Å². The van der Waals surface area contributed by atoms with Crippen LogP contribution in [0.5, 0.6) is 0 Å². The summed E-state index contributed by atoms with van der Waals surface area (Å²) in [4.78, 5) is 4.11. The maximum Gasteiger partial charge on any atom is 0.126 e. The molecule has 1 aromatic heterocycles. The average Bonchev–Trinajstić information content (AvgIpc) is 2.26. The first-order chi connectivity index (χ1) is 7.68. The normalized spacial score (nSPS) is 10.4. The van der Waals surface area contributed by atoms with Crippen molar-refractivity contribution < 1.29 is 0 Å². The highest BCUT2D eigenvalue weighted by Crippen LogP contribution is 2.19. The number of aromatic nitrogens is 1. The number of hydrogen-bond donors (Lipinski definition) is 1. The van der Waals surface area contributed by atoms with Gasteiger partial charge in [0.15, 0.2) is 0 Å². The fraction of sp³-hybridized carbons (Fsp3) is 0.214. The van der Waals surface area contributed by atoms with E-state index in [1.165, 1.54) is 16.7 Å². The number of benzene rings is 1. The summed E-state index contributed by atoms with van der Waals surface area (Å²) in [7, 11) is 0. The van der Waals surface area contributed by atoms with Gasteiger partial charge < -0.3 is 5.73 Å². The lowest BCUT2D eigenvalue weighted by Crippen LogP contribution is -2.00. The van der Waals surface area contributed by atoms with E-state index in [9.17, 15) is 0 Å². The van der Waals surface area contributed by atoms with Crippen molar-refractivity contribution in [2.75, 3.05) is 5.73 Å². The SMILES string of the molecule is Cc1cccc(C)c1Cc1cccnc1N. The first-order valence-corrected chi connectivity index (χ1v) is 5.43. The van der Waals surface area contributed by atoms with Crippen LogP contribution in [0.3, 0.4) is 0 Å². The zero-order chi connectivity index (χ0) is 11.5. The molecule has 0 unspecified atom stereocenters. The molecule has 0 saturated heterocycles. The third-order valence-electron chi connectivity index (χ3n) is 2.94. The number of hydrogen-bond acceptors (Lipinski definition) is 2. The minimum atomic E-state index is 0.630. The molecule has 0 bridgehead atoms. The number of rotatable bonds is 2. The second-order valence-electron chi connectivity index (χ2n) is 4.09. The van der Waals surface area contributed by atoms with Crippen LogP contribution in [0.1, 0.15) is 22.3 Å². The Kier molecular flexibility index (Phi) is 2.91. The minimum Gasteiger partial charge on any atom is -0.383 e. The summed E-state index contributed by atoms with van der Waals surface area (Å²) < 4.78 is 0. The molecule has 1 heterocycles. The summed E-state index contributed by atoms with van der Waals surface area (Å²) in [5.41, 5.74) is 10.9. The predicted molar refractivity (Wildman–Crippen MR) is 67.4 cm³/mol. The Morgan fingerprint density at radius 1 is 1.06 bits per heavy atom. The molecule has 0 amide bonds. The summed E-state index contributed by atoms with van der Waals surface area (Å²) in [6, 6.07) is 10.3. The Balaban J connectivity index is 2.38. The van der Waals surface area contributed by atoms with Gasteiger partial charge in [0.1, 0.15) is 5.82 Å². The van der Waals surface area contributed by atoms with Crippen LogP contribution in [-0.4, -0.2) is 4.98 Å². The third-order valence-corrected chi connectivity index (χ3v) is 2.94. The van der Waals surface area contributed by atoms with E-state index in [2.05, 4.69) is 37.0 Å². The average molecular weight is 212 g/mol. The van der Waals surface area contributed by atoms with Crippen LogP contribution in [0.4, 0.5) is 5.82 Å². The van der Waals surface area contributed by atoms with E-state index in [0.29, 0.717) is 5.82 Å². The van der Waals surface area contributed by atoms with E-state index in [1.807, 2.05) is 12.1 Å². The quantitative estimate of drug-likeness (QED) is 0.831. The molecule has 0 fully saturated rings. The molecule has 0 aliphatic heterocycles. The largest absolute Gasteiger partial charge is 0.383 e. The second-order valence-corrected chi connectivity index (χ2v) is 4.09. The molecule has 0 saturated carbocycles. The van der Waals surface area contributed by atoms with Crippen LogP contribution in [0.2, 0.25) is 0 Å². The highest BCUT2D eigenvalue weighted by atomic mass is 14.8. The summed E-state index contributed by atoms with van der Waals surface area (Å²) >= 11 is 0. The number of pyridine rings is 1. The lowest BCUT2D eigenvalue weighted by Gasteiger charge is -2.10. The maximum absolute atomic E-state index is 5.86. The van der Waals surface area contributed by atoms with E-state index in [4.69, 9.17) is 5.73 Å². The van der Waals surface area contributed by atoms with Crippen molar-refractivity contribution in [1.29, 1.82) is 0 Å². The van der Waals surface area contributed by atoms with Crippen molar-refractivity contribution in [2.24, 2.45) is 0 Å². The summed E-state index contributed by atoms with van der Waals surface area (Å²) in [5, 5.41) is 0. The molecule has 2 nitrogen and oxygen atoms in total. The number of nitrogen functional groups attached to an aromatic ring is 1. The van der Waals surface area contributed by atoms with Gasteiger partial charge >= 0.3 is 0 Å². The molecular formula is C14H16N2. The Hall–Kier alpha value is -1.83. The van der Waals surface area contributed by atoms with E-state index in [-0.39, 0.29) is 0 Å². The molecule has 16 heavy (non-hydrogen) atoms. The van der Waals surface area contributed by atoms with E-state index < -0.39 is 0 Å². The Labute approximate surface area is 96.1 Å². The van der Waals surface area contributed by atoms with Crippen molar-refractivity contribution in [3.05, 3.63) is 58.8 Å². The Morgan fingerprint density at radius 3 is 2.38 bits per heavy atom. The second kappa shape index (κ2) is 4.35. The van der Waals surface area contributed by atoms with Crippen LogP contribution in [-0.2, 0) is 6.42 Å². The first kappa shape index (κ1) is 10.7. The van der Waals surface area contributed by atoms with Gasteiger partial charge in [0, 0.05) is 12.6 Å². The molecule has 2 heteroatoms. The fourth-order valence-corrected chi connectivity index (χ4v) is 1.92. The fourth-order valence-electron chi connectivity index (χ4n) is 1.92. The highest BCUT2D eigenvalue weighted by Gasteiger charge is 2.05. The van der Waals surface area contributed by atoms with Gasteiger partial charge in [-0.25, -0.2) is 4.98 Å². The summed E-state index contributed by atoms with van der Waals surface area (Å²) in [6.07, 6.45) is 2.59. The Bertz CT molecular complexity index is 484. The number of anilines is 1. The first-order valence-electron chi connectivity index (χ1n) is 5.43. The molecule has 82 valence electrons. The number of nitrogens with zero attached hydrogens (tertiary/aromatic N) is 1. The summed E-state index contributed by atoms with van der Waals surface area (Å²) in [5.74, 6) is 0.630. The van der Waals surface area contributed by atoms with Crippen molar-refractivity contribution in [2.45, 2.75) is 20.3 Å². The minimum absolute atomic E-state index is 0.630. The van der Waals surface area contributed by atoms with Crippen LogP contribution in [0.15, 0.2) is 36.5 Å². The zero-order valence-electron chi connectivity index (χ0n) is 9.70. The van der Waals surface area contributed by atoms with Gasteiger partial charge in [-0.15, -0.1) is 0 Å². The molecule has 2 rings (SSSR count). The monoisotopic (exact) mass is 212 g/mol. The van der Waals surface area contributed by atoms with Crippen molar-refractivity contribution in [1.82, 2.24) is 4.98 Å². The zero-order valence-corrected chi connectivity index (χ0v) is 9.70. The molecule has 0 aliphatic rings. The molecule has 0 atom stereocenters. The lowest BCUT2D eigenvalue weighted by molar-refractivity contribution is 1.10. The third kappa shape index (κ3) is 2.06. The summed E-state index contributed by atoms with van der Waals surface area (Å²) in [6.45, 7) is 4.27.